The van der Waals surface area contributed by atoms with E-state index in [2.05, 4.69) is 15.6 Å². The second kappa shape index (κ2) is 8.49. The number of amides is 1. The highest BCUT2D eigenvalue weighted by Crippen LogP contribution is 2.38. The van der Waals surface area contributed by atoms with Crippen LogP contribution < -0.4 is 10.6 Å². The van der Waals surface area contributed by atoms with Crippen LogP contribution in [-0.2, 0) is 20.8 Å². The van der Waals surface area contributed by atoms with Crippen molar-refractivity contribution in [3.8, 4) is 11.8 Å². The topological polar surface area (TPSA) is 126 Å². The standard InChI is InChI=1S/C23H20F3N5O4S/c24-23(25,26)16-9-14(31-13-29-17-3-1-2-4-18(17)31)5-6-19(16)36(33,34)15-10-20(28-11-15)35-21(32)30-22(12-27)7-8-22/h1-6,9,13,15,20,28H,7-8,10-11H2,(H,30,32)/t15-,20+/m1/s1. The molecule has 1 aromatic heterocycles. The first-order chi connectivity index (χ1) is 17.0. The second-order valence-electron chi connectivity index (χ2n) is 8.81. The summed E-state index contributed by atoms with van der Waals surface area (Å²) in [4.78, 5) is 15.4. The fourth-order valence-corrected chi connectivity index (χ4v) is 6.06. The van der Waals surface area contributed by atoms with E-state index in [4.69, 9.17) is 10.00 Å². The molecule has 5 rings (SSSR count). The Morgan fingerprint density at radius 2 is 2.00 bits per heavy atom. The van der Waals surface area contributed by atoms with Crippen LogP contribution in [0, 0.1) is 11.3 Å². The van der Waals surface area contributed by atoms with Gasteiger partial charge in [0, 0.05) is 18.7 Å². The van der Waals surface area contributed by atoms with Crippen molar-refractivity contribution in [2.45, 2.75) is 47.4 Å². The average molecular weight is 520 g/mol. The van der Waals surface area contributed by atoms with Gasteiger partial charge in [-0.25, -0.2) is 18.2 Å². The van der Waals surface area contributed by atoms with Crippen molar-refractivity contribution in [1.82, 2.24) is 20.2 Å². The summed E-state index contributed by atoms with van der Waals surface area (Å²) in [6.07, 6.45) is -4.74. The number of hydrogen-bond acceptors (Lipinski definition) is 7. The van der Waals surface area contributed by atoms with Crippen molar-refractivity contribution in [2.75, 3.05) is 6.54 Å². The van der Waals surface area contributed by atoms with E-state index in [-0.39, 0.29) is 18.7 Å². The Morgan fingerprint density at radius 3 is 2.69 bits per heavy atom. The van der Waals surface area contributed by atoms with Gasteiger partial charge in [0.25, 0.3) is 0 Å². The molecule has 1 saturated heterocycles. The van der Waals surface area contributed by atoms with Gasteiger partial charge in [0.05, 0.1) is 32.8 Å². The van der Waals surface area contributed by atoms with E-state index < -0.39 is 49.6 Å². The van der Waals surface area contributed by atoms with Crippen LogP contribution in [0.4, 0.5) is 18.0 Å². The lowest BCUT2D eigenvalue weighted by molar-refractivity contribution is -0.139. The van der Waals surface area contributed by atoms with E-state index in [9.17, 15) is 26.4 Å². The maximum atomic E-state index is 14.0. The molecule has 1 aliphatic heterocycles. The fraction of sp³-hybridized carbons (Fsp3) is 0.348. The molecule has 0 unspecified atom stereocenters. The van der Waals surface area contributed by atoms with Crippen LogP contribution in [-0.4, -0.2) is 47.6 Å². The van der Waals surface area contributed by atoms with Crippen molar-refractivity contribution in [1.29, 1.82) is 5.26 Å². The summed E-state index contributed by atoms with van der Waals surface area (Å²) in [6, 6.07) is 11.9. The van der Waals surface area contributed by atoms with Gasteiger partial charge >= 0.3 is 12.3 Å². The summed E-state index contributed by atoms with van der Waals surface area (Å²) >= 11 is 0. The van der Waals surface area contributed by atoms with Crippen molar-refractivity contribution in [3.05, 3.63) is 54.4 Å². The largest absolute Gasteiger partial charge is 0.430 e. The Kier molecular flexibility index (Phi) is 5.68. The lowest BCUT2D eigenvalue weighted by Gasteiger charge is -2.18. The molecular weight excluding hydrogens is 499 g/mol. The van der Waals surface area contributed by atoms with Gasteiger partial charge in [-0.2, -0.15) is 18.4 Å². The van der Waals surface area contributed by atoms with Gasteiger partial charge in [0.1, 0.15) is 11.9 Å². The monoisotopic (exact) mass is 519 g/mol. The Morgan fingerprint density at radius 1 is 1.25 bits per heavy atom. The van der Waals surface area contributed by atoms with Gasteiger partial charge < -0.3 is 10.1 Å². The quantitative estimate of drug-likeness (QED) is 0.530. The van der Waals surface area contributed by atoms with Crippen molar-refractivity contribution in [2.24, 2.45) is 0 Å². The number of nitrogens with one attached hydrogen (secondary N) is 2. The zero-order valence-electron chi connectivity index (χ0n) is 18.6. The minimum absolute atomic E-state index is 0.115. The number of hydrogen-bond donors (Lipinski definition) is 2. The van der Waals surface area contributed by atoms with Crippen LogP contribution in [0.25, 0.3) is 16.7 Å². The predicted molar refractivity (Wildman–Crippen MR) is 121 cm³/mol. The summed E-state index contributed by atoms with van der Waals surface area (Å²) in [5.74, 6) is 0. The Labute approximate surface area is 203 Å². The van der Waals surface area contributed by atoms with Gasteiger partial charge in [-0.1, -0.05) is 12.1 Å². The summed E-state index contributed by atoms with van der Waals surface area (Å²) in [5.41, 5.74) is -0.986. The molecule has 36 heavy (non-hydrogen) atoms. The zero-order chi connectivity index (χ0) is 25.7. The zero-order valence-corrected chi connectivity index (χ0v) is 19.4. The van der Waals surface area contributed by atoms with Crippen molar-refractivity contribution >= 4 is 27.0 Å². The normalized spacial score (nSPS) is 21.2. The average Bonchev–Trinajstić information content (AvgIpc) is 3.24. The molecule has 1 saturated carbocycles. The number of halogens is 3. The molecule has 0 bridgehead atoms. The number of alkyl carbamates (subject to hydrolysis) is 1. The number of rotatable bonds is 5. The lowest BCUT2D eigenvalue weighted by atomic mass is 10.2. The highest BCUT2D eigenvalue weighted by molar-refractivity contribution is 7.92. The number of sulfone groups is 1. The number of nitrogens with zero attached hydrogens (tertiary/aromatic N) is 3. The highest BCUT2D eigenvalue weighted by atomic mass is 32.2. The number of imidazole rings is 1. The minimum Gasteiger partial charge on any atom is -0.430 e. The number of aromatic nitrogens is 2. The van der Waals surface area contributed by atoms with Crippen molar-refractivity contribution < 1.29 is 31.1 Å². The van der Waals surface area contributed by atoms with Gasteiger partial charge in [-0.15, -0.1) is 0 Å². The van der Waals surface area contributed by atoms with Crippen LogP contribution in [0.2, 0.25) is 0 Å². The van der Waals surface area contributed by atoms with E-state index in [1.807, 2.05) is 6.07 Å². The number of fused-ring (bicyclic) bond motifs is 1. The first-order valence-corrected chi connectivity index (χ1v) is 12.6. The van der Waals surface area contributed by atoms with E-state index in [0.717, 1.165) is 12.1 Å². The van der Waals surface area contributed by atoms with Crippen molar-refractivity contribution in [3.63, 3.8) is 0 Å². The third-order valence-electron chi connectivity index (χ3n) is 6.35. The molecule has 1 aliphatic carbocycles. The predicted octanol–water partition coefficient (Wildman–Crippen LogP) is 3.29. The Balaban J connectivity index is 1.40. The number of nitriles is 1. The highest BCUT2D eigenvalue weighted by Gasteiger charge is 2.46. The number of carbonyl (C=O) groups is 1. The van der Waals surface area contributed by atoms with Crippen LogP contribution in [0.5, 0.6) is 0 Å². The first-order valence-electron chi connectivity index (χ1n) is 11.0. The number of alkyl halides is 3. The second-order valence-corrected chi connectivity index (χ2v) is 11.0. The van der Waals surface area contributed by atoms with Gasteiger partial charge in [0.15, 0.2) is 16.1 Å². The van der Waals surface area contributed by atoms with Crippen LogP contribution in [0.15, 0.2) is 53.7 Å². The van der Waals surface area contributed by atoms with Crippen LogP contribution in [0.3, 0.4) is 0 Å². The molecule has 2 N–H and O–H groups in total. The third-order valence-corrected chi connectivity index (χ3v) is 8.56. The summed E-state index contributed by atoms with van der Waals surface area (Å²) < 4.78 is 75.3. The van der Waals surface area contributed by atoms with E-state index in [1.165, 1.54) is 17.0 Å². The van der Waals surface area contributed by atoms with E-state index in [0.29, 0.717) is 23.9 Å². The molecule has 9 nitrogen and oxygen atoms in total. The maximum Gasteiger partial charge on any atom is 0.417 e. The third kappa shape index (κ3) is 4.38. The van der Waals surface area contributed by atoms with Gasteiger partial charge in [-0.3, -0.25) is 9.88 Å². The Hall–Kier alpha value is -3.63. The molecule has 13 heteroatoms. The van der Waals surface area contributed by atoms with Crippen LogP contribution >= 0.6 is 0 Å². The van der Waals surface area contributed by atoms with E-state index in [1.54, 1.807) is 24.3 Å². The molecule has 0 spiro atoms. The minimum atomic E-state index is -4.94. The molecule has 2 atom stereocenters. The smallest absolute Gasteiger partial charge is 0.417 e. The van der Waals surface area contributed by atoms with Gasteiger partial charge in [0.2, 0.25) is 0 Å². The molecule has 3 aromatic rings. The summed E-state index contributed by atoms with van der Waals surface area (Å²) in [5, 5.41) is 12.9. The summed E-state index contributed by atoms with van der Waals surface area (Å²) in [7, 11) is -4.45. The maximum absolute atomic E-state index is 14.0. The summed E-state index contributed by atoms with van der Waals surface area (Å²) in [6.45, 7) is -0.200. The molecular formula is C23H20F3N5O4S. The molecule has 2 fully saturated rings. The van der Waals surface area contributed by atoms with Crippen LogP contribution in [0.1, 0.15) is 24.8 Å². The van der Waals surface area contributed by atoms with E-state index >= 15 is 0 Å². The number of carbonyl (C=O) groups excluding carboxylic acids is 1. The number of benzene rings is 2. The number of para-hydroxylation sites is 2. The molecule has 1 amide bonds. The number of ether oxygens (including phenoxy) is 1. The first kappa shape index (κ1) is 24.1. The fourth-order valence-electron chi connectivity index (χ4n) is 4.22. The molecule has 0 radical (unpaired) electrons. The molecule has 2 aromatic carbocycles. The molecule has 188 valence electrons. The van der Waals surface area contributed by atoms with Gasteiger partial charge in [-0.05, 0) is 43.2 Å². The lowest BCUT2D eigenvalue weighted by Crippen LogP contribution is -2.40. The Bertz CT molecular complexity index is 1490. The molecule has 2 heterocycles. The molecule has 2 aliphatic rings. The SMILES string of the molecule is N#CC1(NC(=O)O[C@H]2C[C@@H](S(=O)(=O)c3ccc(-n4cnc5ccccc54)cc3C(F)(F)F)CN2)CC1.